The Labute approximate surface area is 109 Å². The standard InChI is InChI=1S/C9H10Br3NO/c10-2-1-3-14-9-7(11)4-6(13)5-8(9)12/h4-5H,1-3,13H2. The van der Waals surface area contributed by atoms with Gasteiger partial charge in [0.25, 0.3) is 0 Å². The van der Waals surface area contributed by atoms with Crippen molar-refractivity contribution in [2.75, 3.05) is 17.7 Å². The summed E-state index contributed by atoms with van der Waals surface area (Å²) in [6.45, 7) is 0.687. The second kappa shape index (κ2) is 5.98. The van der Waals surface area contributed by atoms with Gasteiger partial charge in [0.15, 0.2) is 0 Å². The molecule has 0 unspecified atom stereocenters. The average Bonchev–Trinajstić information content (AvgIpc) is 2.09. The van der Waals surface area contributed by atoms with E-state index >= 15 is 0 Å². The van der Waals surface area contributed by atoms with Crippen LogP contribution in [0.1, 0.15) is 6.42 Å². The van der Waals surface area contributed by atoms with E-state index in [1.165, 1.54) is 0 Å². The third-order valence-corrected chi connectivity index (χ3v) is 3.28. The Morgan fingerprint density at radius 3 is 2.29 bits per heavy atom. The first-order chi connectivity index (χ1) is 6.65. The Kier molecular flexibility index (Phi) is 5.26. The topological polar surface area (TPSA) is 35.2 Å². The minimum atomic E-state index is 0.687. The van der Waals surface area contributed by atoms with Crippen LogP contribution in [0.15, 0.2) is 21.1 Å². The molecule has 1 aromatic rings. The number of anilines is 1. The summed E-state index contributed by atoms with van der Waals surface area (Å²) in [5.41, 5.74) is 6.37. The molecule has 1 aromatic carbocycles. The lowest BCUT2D eigenvalue weighted by molar-refractivity contribution is 0.315. The van der Waals surface area contributed by atoms with Gasteiger partial charge in [-0.25, -0.2) is 0 Å². The second-order valence-electron chi connectivity index (χ2n) is 2.70. The maximum Gasteiger partial charge on any atom is 0.147 e. The van der Waals surface area contributed by atoms with Crippen molar-refractivity contribution in [2.24, 2.45) is 0 Å². The molecule has 0 spiro atoms. The number of nitrogen functional groups attached to an aromatic ring is 1. The zero-order valence-electron chi connectivity index (χ0n) is 7.40. The highest BCUT2D eigenvalue weighted by Gasteiger charge is 2.07. The summed E-state index contributed by atoms with van der Waals surface area (Å²) in [5.74, 6) is 0.806. The third kappa shape index (κ3) is 3.44. The van der Waals surface area contributed by atoms with Crippen LogP contribution in [0.3, 0.4) is 0 Å². The number of hydrogen-bond acceptors (Lipinski definition) is 2. The summed E-state index contributed by atoms with van der Waals surface area (Å²) in [6.07, 6.45) is 0.975. The van der Waals surface area contributed by atoms with Crippen molar-refractivity contribution < 1.29 is 4.74 Å². The zero-order valence-corrected chi connectivity index (χ0v) is 12.2. The van der Waals surface area contributed by atoms with Crippen LogP contribution in [-0.4, -0.2) is 11.9 Å². The van der Waals surface area contributed by atoms with Gasteiger partial charge in [-0.05, 0) is 50.4 Å². The van der Waals surface area contributed by atoms with Crippen LogP contribution < -0.4 is 10.5 Å². The maximum absolute atomic E-state index is 5.66. The van der Waals surface area contributed by atoms with Crippen molar-refractivity contribution in [3.63, 3.8) is 0 Å². The van der Waals surface area contributed by atoms with Gasteiger partial charge in [0, 0.05) is 11.0 Å². The van der Waals surface area contributed by atoms with Crippen LogP contribution in [0.2, 0.25) is 0 Å². The fourth-order valence-corrected chi connectivity index (χ4v) is 2.63. The summed E-state index contributed by atoms with van der Waals surface area (Å²) in [5, 5.41) is 0.942. The van der Waals surface area contributed by atoms with Crippen molar-refractivity contribution in [1.29, 1.82) is 0 Å². The molecule has 2 N–H and O–H groups in total. The number of hydrogen-bond donors (Lipinski definition) is 1. The summed E-state index contributed by atoms with van der Waals surface area (Å²) < 4.78 is 7.33. The molecule has 1 rings (SSSR count). The highest BCUT2D eigenvalue weighted by atomic mass is 79.9. The molecule has 0 aliphatic heterocycles. The lowest BCUT2D eigenvalue weighted by atomic mass is 10.3. The molecular weight excluding hydrogens is 378 g/mol. The molecule has 0 aliphatic carbocycles. The van der Waals surface area contributed by atoms with Crippen LogP contribution >= 0.6 is 47.8 Å². The van der Waals surface area contributed by atoms with Crippen LogP contribution in [0.4, 0.5) is 5.69 Å². The van der Waals surface area contributed by atoms with E-state index in [9.17, 15) is 0 Å². The van der Waals surface area contributed by atoms with Gasteiger partial charge in [0.1, 0.15) is 5.75 Å². The average molecular weight is 388 g/mol. The first kappa shape index (κ1) is 12.3. The van der Waals surface area contributed by atoms with Gasteiger partial charge in [-0.1, -0.05) is 15.9 Å². The molecule has 2 nitrogen and oxygen atoms in total. The van der Waals surface area contributed by atoms with E-state index in [0.29, 0.717) is 12.3 Å². The molecule has 0 fully saturated rings. The van der Waals surface area contributed by atoms with Gasteiger partial charge in [0.2, 0.25) is 0 Å². The van der Waals surface area contributed by atoms with Gasteiger partial charge in [-0.15, -0.1) is 0 Å². The van der Waals surface area contributed by atoms with Gasteiger partial charge < -0.3 is 10.5 Å². The predicted octanol–water partition coefficient (Wildman–Crippen LogP) is 3.96. The minimum Gasteiger partial charge on any atom is -0.491 e. The molecule has 78 valence electrons. The summed E-state index contributed by atoms with van der Waals surface area (Å²) in [6, 6.07) is 3.66. The quantitative estimate of drug-likeness (QED) is 0.482. The number of ether oxygens (including phenoxy) is 1. The van der Waals surface area contributed by atoms with Gasteiger partial charge in [0.05, 0.1) is 15.6 Å². The van der Waals surface area contributed by atoms with E-state index in [1.807, 2.05) is 12.1 Å². The molecular formula is C9H10Br3NO. The molecule has 5 heteroatoms. The monoisotopic (exact) mass is 385 g/mol. The summed E-state index contributed by atoms with van der Waals surface area (Å²) in [4.78, 5) is 0. The van der Waals surface area contributed by atoms with E-state index in [0.717, 1.165) is 26.4 Å². The number of halogens is 3. The number of alkyl halides is 1. The molecule has 0 saturated carbocycles. The maximum atomic E-state index is 5.66. The second-order valence-corrected chi connectivity index (χ2v) is 5.21. The largest absolute Gasteiger partial charge is 0.491 e. The third-order valence-electron chi connectivity index (χ3n) is 1.54. The Bertz CT molecular complexity index is 294. The van der Waals surface area contributed by atoms with Crippen molar-refractivity contribution >= 4 is 53.5 Å². The number of nitrogens with two attached hydrogens (primary N) is 1. The molecule has 0 heterocycles. The van der Waals surface area contributed by atoms with Crippen LogP contribution in [-0.2, 0) is 0 Å². The lowest BCUT2D eigenvalue weighted by Crippen LogP contribution is -1.99. The van der Waals surface area contributed by atoms with Crippen LogP contribution in [0, 0.1) is 0 Å². The Morgan fingerprint density at radius 2 is 1.79 bits per heavy atom. The molecule has 0 amide bonds. The van der Waals surface area contributed by atoms with E-state index in [4.69, 9.17) is 10.5 Å². The predicted molar refractivity (Wildman–Crippen MR) is 70.2 cm³/mol. The van der Waals surface area contributed by atoms with Crippen molar-refractivity contribution in [1.82, 2.24) is 0 Å². The molecule has 0 radical (unpaired) electrons. The summed E-state index contributed by atoms with van der Waals surface area (Å²) in [7, 11) is 0. The zero-order chi connectivity index (χ0) is 10.6. The van der Waals surface area contributed by atoms with Crippen molar-refractivity contribution in [3.8, 4) is 5.75 Å². The Hall–Kier alpha value is 0.260. The van der Waals surface area contributed by atoms with E-state index in [-0.39, 0.29) is 0 Å². The van der Waals surface area contributed by atoms with E-state index in [2.05, 4.69) is 47.8 Å². The molecule has 0 aromatic heterocycles. The molecule has 0 bridgehead atoms. The van der Waals surface area contributed by atoms with E-state index in [1.54, 1.807) is 0 Å². The highest BCUT2D eigenvalue weighted by molar-refractivity contribution is 9.11. The lowest BCUT2D eigenvalue weighted by Gasteiger charge is -2.10. The van der Waals surface area contributed by atoms with Crippen molar-refractivity contribution in [3.05, 3.63) is 21.1 Å². The van der Waals surface area contributed by atoms with E-state index < -0.39 is 0 Å². The van der Waals surface area contributed by atoms with Crippen molar-refractivity contribution in [2.45, 2.75) is 6.42 Å². The normalized spacial score (nSPS) is 10.2. The first-order valence-electron chi connectivity index (χ1n) is 4.08. The first-order valence-corrected chi connectivity index (χ1v) is 6.79. The minimum absolute atomic E-state index is 0.687. The fourth-order valence-electron chi connectivity index (χ4n) is 0.946. The molecule has 0 atom stereocenters. The van der Waals surface area contributed by atoms with Gasteiger partial charge >= 0.3 is 0 Å². The fraction of sp³-hybridized carbons (Fsp3) is 0.333. The van der Waals surface area contributed by atoms with Gasteiger partial charge in [-0.3, -0.25) is 0 Å². The Balaban J connectivity index is 2.75. The molecule has 0 aliphatic rings. The van der Waals surface area contributed by atoms with Gasteiger partial charge in [-0.2, -0.15) is 0 Å². The Morgan fingerprint density at radius 1 is 1.21 bits per heavy atom. The van der Waals surface area contributed by atoms with Crippen LogP contribution in [0.25, 0.3) is 0 Å². The number of benzene rings is 1. The summed E-state index contributed by atoms with van der Waals surface area (Å²) >= 11 is 10.2. The number of rotatable bonds is 4. The smallest absolute Gasteiger partial charge is 0.147 e. The molecule has 0 saturated heterocycles. The highest BCUT2D eigenvalue weighted by Crippen LogP contribution is 2.35. The molecule has 14 heavy (non-hydrogen) atoms. The van der Waals surface area contributed by atoms with Crippen LogP contribution in [0.5, 0.6) is 5.75 Å². The SMILES string of the molecule is Nc1cc(Br)c(OCCCBr)c(Br)c1.